The van der Waals surface area contributed by atoms with Gasteiger partial charge in [-0.2, -0.15) is 0 Å². The van der Waals surface area contributed by atoms with Crippen molar-refractivity contribution in [3.63, 3.8) is 0 Å². The Morgan fingerprint density at radius 3 is 1.10 bits per heavy atom. The number of benzene rings is 7. The summed E-state index contributed by atoms with van der Waals surface area (Å²) in [5, 5.41) is 0. The van der Waals surface area contributed by atoms with Crippen LogP contribution in [0.3, 0.4) is 0 Å². The van der Waals surface area contributed by atoms with Gasteiger partial charge in [0.2, 0.25) is 0 Å². The summed E-state index contributed by atoms with van der Waals surface area (Å²) < 4.78 is 0. The van der Waals surface area contributed by atoms with E-state index in [1.165, 1.54) is 100 Å². The molecule has 0 radical (unpaired) electrons. The highest BCUT2D eigenvalue weighted by atomic mass is 15.0. The van der Waals surface area contributed by atoms with Crippen LogP contribution in [-0.4, -0.2) is 15.0 Å². The molecule has 52 heavy (non-hydrogen) atoms. The molecule has 0 saturated carbocycles. The minimum atomic E-state index is 0.680. The second kappa shape index (κ2) is 9.65. The highest BCUT2D eigenvalue weighted by Gasteiger charge is 2.42. The zero-order valence-electron chi connectivity index (χ0n) is 28.3. The molecular weight excluding hydrogens is 631 g/mol. The minimum Gasteiger partial charge on any atom is -0.208 e. The van der Waals surface area contributed by atoms with E-state index < -0.39 is 0 Å². The molecule has 1 heterocycles. The second-order valence-corrected chi connectivity index (χ2v) is 15.0. The summed E-state index contributed by atoms with van der Waals surface area (Å²) in [4.78, 5) is 14.9. The Balaban J connectivity index is 1.00. The quantitative estimate of drug-likeness (QED) is 0.189. The summed E-state index contributed by atoms with van der Waals surface area (Å²) in [6.45, 7) is 0. The first kappa shape index (κ1) is 27.3. The topological polar surface area (TPSA) is 38.7 Å². The number of nitrogens with zero attached hydrogens (tertiary/aromatic N) is 3. The minimum absolute atomic E-state index is 0.680. The van der Waals surface area contributed by atoms with E-state index in [-0.39, 0.29) is 0 Å². The monoisotopic (exact) mass is 659 g/mol. The van der Waals surface area contributed by atoms with E-state index in [4.69, 9.17) is 15.0 Å². The van der Waals surface area contributed by atoms with Crippen LogP contribution in [0.4, 0.5) is 0 Å². The average molecular weight is 660 g/mol. The molecule has 8 aromatic rings. The van der Waals surface area contributed by atoms with Crippen LogP contribution in [0.15, 0.2) is 127 Å². The fraction of sp³-hybridized carbons (Fsp3) is 0.0816. The van der Waals surface area contributed by atoms with Crippen molar-refractivity contribution in [3.05, 3.63) is 172 Å². The predicted molar refractivity (Wildman–Crippen MR) is 208 cm³/mol. The molecule has 0 bridgehead atoms. The fourth-order valence-corrected chi connectivity index (χ4v) is 10.1. The van der Waals surface area contributed by atoms with Gasteiger partial charge in [-0.15, -0.1) is 0 Å². The van der Waals surface area contributed by atoms with Gasteiger partial charge in [0, 0.05) is 16.7 Å². The molecule has 0 unspecified atom stereocenters. The van der Waals surface area contributed by atoms with E-state index in [9.17, 15) is 0 Å². The summed E-state index contributed by atoms with van der Waals surface area (Å²) in [5.74, 6) is 2.04. The molecule has 0 N–H and O–H groups in total. The van der Waals surface area contributed by atoms with E-state index in [1.807, 2.05) is 36.4 Å². The van der Waals surface area contributed by atoms with Gasteiger partial charge in [-0.3, -0.25) is 0 Å². The molecule has 3 heteroatoms. The molecule has 240 valence electrons. The van der Waals surface area contributed by atoms with Gasteiger partial charge in [-0.1, -0.05) is 121 Å². The molecule has 5 aliphatic carbocycles. The van der Waals surface area contributed by atoms with Gasteiger partial charge < -0.3 is 0 Å². The third kappa shape index (κ3) is 3.48. The van der Waals surface area contributed by atoms with Crippen LogP contribution in [0, 0.1) is 0 Å². The van der Waals surface area contributed by atoms with Gasteiger partial charge in [0.15, 0.2) is 17.5 Å². The lowest BCUT2D eigenvalue weighted by molar-refractivity contribution is 1.07. The summed E-state index contributed by atoms with van der Waals surface area (Å²) in [5.41, 5.74) is 29.6. The van der Waals surface area contributed by atoms with Crippen molar-refractivity contribution in [1.29, 1.82) is 0 Å². The fourth-order valence-electron chi connectivity index (χ4n) is 10.1. The molecule has 7 aromatic carbocycles. The van der Waals surface area contributed by atoms with E-state index in [1.54, 1.807) is 0 Å². The smallest absolute Gasteiger partial charge is 0.164 e. The Kier molecular flexibility index (Phi) is 5.07. The maximum Gasteiger partial charge on any atom is 0.164 e. The third-order valence-corrected chi connectivity index (χ3v) is 12.3. The normalized spacial score (nSPS) is 13.8. The Hall–Kier alpha value is -6.45. The molecule has 0 atom stereocenters. The maximum absolute atomic E-state index is 5.00. The lowest BCUT2D eigenvalue weighted by atomic mass is 9.80. The van der Waals surface area contributed by atoms with Gasteiger partial charge in [0.1, 0.15) is 0 Å². The summed E-state index contributed by atoms with van der Waals surface area (Å²) in [6.07, 6.45) is 4.02. The maximum atomic E-state index is 5.00. The van der Waals surface area contributed by atoms with E-state index in [0.717, 1.165) is 42.4 Å². The first-order valence-corrected chi connectivity index (χ1v) is 18.4. The molecular formula is C49H29N3. The molecule has 0 aliphatic heterocycles. The van der Waals surface area contributed by atoms with E-state index >= 15 is 0 Å². The number of hydrogen-bond acceptors (Lipinski definition) is 3. The van der Waals surface area contributed by atoms with Crippen LogP contribution in [0.25, 0.3) is 89.8 Å². The summed E-state index contributed by atoms with van der Waals surface area (Å²) in [7, 11) is 0. The predicted octanol–water partition coefficient (Wildman–Crippen LogP) is 11.1. The first-order valence-electron chi connectivity index (χ1n) is 18.4. The Morgan fingerprint density at radius 2 is 0.635 bits per heavy atom. The Bertz CT molecular complexity index is 2860. The highest BCUT2D eigenvalue weighted by Crippen LogP contribution is 2.63. The largest absolute Gasteiger partial charge is 0.208 e. The van der Waals surface area contributed by atoms with Crippen LogP contribution < -0.4 is 0 Å². The summed E-state index contributed by atoms with van der Waals surface area (Å²) >= 11 is 0. The molecule has 0 amide bonds. The zero-order valence-corrected chi connectivity index (χ0v) is 28.3. The van der Waals surface area contributed by atoms with Gasteiger partial charge in [-0.05, 0) is 132 Å². The number of rotatable bonds is 4. The standard InChI is InChI=1S/C49H29N3/c1-3-7-27(8-4-1)47-50-48(28-9-5-2-6-10-28)52-49(51-47)29-13-11-26(12-14-29)37-25-36-23-34-18-17-32-21-30-15-16-31-22-33-19-20-35-24-38(37)46-44(35)42(33)40(31)39(30)41(32)43(34)45(36)46/h1-20,25H,21-24H2. The molecule has 3 nitrogen and oxygen atoms in total. The van der Waals surface area contributed by atoms with Crippen LogP contribution in [0.2, 0.25) is 0 Å². The van der Waals surface area contributed by atoms with E-state index in [0.29, 0.717) is 17.5 Å². The van der Waals surface area contributed by atoms with Crippen molar-refractivity contribution in [2.24, 2.45) is 0 Å². The van der Waals surface area contributed by atoms with Crippen molar-refractivity contribution in [2.75, 3.05) is 0 Å². The Morgan fingerprint density at radius 1 is 0.288 bits per heavy atom. The molecule has 0 saturated heterocycles. The van der Waals surface area contributed by atoms with Crippen LogP contribution in [0.1, 0.15) is 44.5 Å². The van der Waals surface area contributed by atoms with Crippen LogP contribution in [-0.2, 0) is 25.7 Å². The van der Waals surface area contributed by atoms with Crippen molar-refractivity contribution in [3.8, 4) is 89.8 Å². The van der Waals surface area contributed by atoms with Gasteiger partial charge in [0.25, 0.3) is 0 Å². The van der Waals surface area contributed by atoms with Crippen molar-refractivity contribution >= 4 is 0 Å². The number of aromatic nitrogens is 3. The molecule has 1 aromatic heterocycles. The van der Waals surface area contributed by atoms with Gasteiger partial charge in [0.05, 0.1) is 0 Å². The van der Waals surface area contributed by atoms with Crippen LogP contribution >= 0.6 is 0 Å². The second-order valence-electron chi connectivity index (χ2n) is 15.0. The first-order chi connectivity index (χ1) is 25.7. The van der Waals surface area contributed by atoms with Crippen LogP contribution in [0.5, 0.6) is 0 Å². The Labute approximate surface area is 301 Å². The molecule has 5 aliphatic rings. The van der Waals surface area contributed by atoms with Crippen molar-refractivity contribution in [2.45, 2.75) is 25.7 Å². The molecule has 0 fully saturated rings. The lowest BCUT2D eigenvalue weighted by Gasteiger charge is -2.23. The van der Waals surface area contributed by atoms with Gasteiger partial charge >= 0.3 is 0 Å². The zero-order chi connectivity index (χ0) is 33.7. The van der Waals surface area contributed by atoms with Crippen molar-refractivity contribution in [1.82, 2.24) is 15.0 Å². The van der Waals surface area contributed by atoms with E-state index in [2.05, 4.69) is 91.0 Å². The van der Waals surface area contributed by atoms with Gasteiger partial charge in [-0.25, -0.2) is 15.0 Å². The molecule has 13 rings (SSSR count). The highest BCUT2D eigenvalue weighted by molar-refractivity contribution is 6.14. The average Bonchev–Trinajstić information content (AvgIpc) is 3.96. The number of hydrogen-bond donors (Lipinski definition) is 0. The lowest BCUT2D eigenvalue weighted by Crippen LogP contribution is -2.00. The third-order valence-electron chi connectivity index (χ3n) is 12.3. The molecule has 0 spiro atoms. The summed E-state index contributed by atoms with van der Waals surface area (Å²) in [6, 6.07) is 46.4. The van der Waals surface area contributed by atoms with Crippen molar-refractivity contribution < 1.29 is 0 Å². The SMILES string of the molecule is c1ccc(-c2nc(-c3ccccc3)nc(-c3ccc(-c4cc5c6c7c4Cc4ccc8c(c4-7)-c4c(ccc7c4-c4c(ccc(c4-6)C5)C7)C8)cc3)n2)cc1.